The van der Waals surface area contributed by atoms with E-state index in [1.54, 1.807) is 0 Å². The van der Waals surface area contributed by atoms with Crippen LogP contribution < -0.4 is 0 Å². The summed E-state index contributed by atoms with van der Waals surface area (Å²) in [7, 11) is 0. The third kappa shape index (κ3) is 8.53. The van der Waals surface area contributed by atoms with Gasteiger partial charge in [0.15, 0.2) is 0 Å². The summed E-state index contributed by atoms with van der Waals surface area (Å²) in [6.45, 7) is 15.4. The minimum atomic E-state index is -4.31. The maximum absolute atomic E-state index is 12.5. The van der Waals surface area contributed by atoms with Gasteiger partial charge in [-0.1, -0.05) is 51.8 Å². The largest absolute Gasteiger partial charge is 0.416 e. The highest BCUT2D eigenvalue weighted by Crippen LogP contribution is 2.35. The summed E-state index contributed by atoms with van der Waals surface area (Å²) < 4.78 is 37.4. The van der Waals surface area contributed by atoms with Crippen LogP contribution in [0.15, 0.2) is 36.4 Å². The van der Waals surface area contributed by atoms with E-state index < -0.39 is 17.2 Å². The van der Waals surface area contributed by atoms with Crippen molar-refractivity contribution in [3.63, 3.8) is 0 Å². The Labute approximate surface area is 145 Å². The topological polar surface area (TPSA) is 20.2 Å². The second-order valence-corrected chi connectivity index (χ2v) is 5.82. The van der Waals surface area contributed by atoms with Crippen molar-refractivity contribution in [2.24, 2.45) is 0 Å². The van der Waals surface area contributed by atoms with E-state index in [1.165, 1.54) is 17.7 Å². The predicted octanol–water partition coefficient (Wildman–Crippen LogP) is 6.75. The molecule has 0 bridgehead atoms. The van der Waals surface area contributed by atoms with E-state index >= 15 is 0 Å². The average Bonchev–Trinajstić information content (AvgIpc) is 2.53. The number of benzene rings is 1. The molecule has 0 aliphatic carbocycles. The first-order chi connectivity index (χ1) is 11.1. The van der Waals surface area contributed by atoms with Crippen molar-refractivity contribution in [3.8, 4) is 0 Å². The van der Waals surface area contributed by atoms with Crippen molar-refractivity contribution < 1.29 is 18.3 Å². The van der Waals surface area contributed by atoms with Gasteiger partial charge in [0.05, 0.1) is 12.2 Å². The zero-order chi connectivity index (χ0) is 19.4. The third-order valence-electron chi connectivity index (χ3n) is 3.53. The van der Waals surface area contributed by atoms with Crippen LogP contribution in [-0.4, -0.2) is 11.7 Å². The number of aliphatic hydroxyl groups is 1. The van der Waals surface area contributed by atoms with E-state index in [2.05, 4.69) is 6.58 Å². The molecule has 140 valence electrons. The van der Waals surface area contributed by atoms with Gasteiger partial charge < -0.3 is 5.11 Å². The van der Waals surface area contributed by atoms with Crippen molar-refractivity contribution >= 4 is 0 Å². The summed E-state index contributed by atoms with van der Waals surface area (Å²) in [5, 5.41) is 9.57. The summed E-state index contributed by atoms with van der Waals surface area (Å²) in [4.78, 5) is 0. The van der Waals surface area contributed by atoms with Crippen LogP contribution in [0.1, 0.15) is 71.9 Å². The molecule has 0 saturated carbocycles. The van der Waals surface area contributed by atoms with E-state index in [0.717, 1.165) is 30.5 Å². The molecule has 1 aromatic rings. The number of hydrogen-bond acceptors (Lipinski definition) is 1. The molecule has 0 radical (unpaired) electrons. The third-order valence-corrected chi connectivity index (χ3v) is 3.53. The van der Waals surface area contributed by atoms with Crippen LogP contribution in [0.2, 0.25) is 0 Å². The van der Waals surface area contributed by atoms with Gasteiger partial charge in [-0.2, -0.15) is 13.2 Å². The number of aliphatic hydroxyl groups excluding tert-OH is 1. The highest BCUT2D eigenvalue weighted by atomic mass is 19.4. The molecule has 1 aromatic carbocycles. The van der Waals surface area contributed by atoms with Gasteiger partial charge in [-0.25, -0.2) is 0 Å². The minimum Gasteiger partial charge on any atom is -0.395 e. The summed E-state index contributed by atoms with van der Waals surface area (Å²) in [5.41, 5.74) is 0.881. The first kappa shape index (κ1) is 25.0. The van der Waals surface area contributed by atoms with Gasteiger partial charge in [0, 0.05) is 5.41 Å². The van der Waals surface area contributed by atoms with Gasteiger partial charge in [-0.05, 0) is 44.4 Å². The van der Waals surface area contributed by atoms with Crippen LogP contribution in [0.3, 0.4) is 0 Å². The number of hydrogen-bond donors (Lipinski definition) is 1. The smallest absolute Gasteiger partial charge is 0.395 e. The molecular weight excluding hydrogens is 313 g/mol. The first-order valence-corrected chi connectivity index (χ1v) is 8.53. The summed E-state index contributed by atoms with van der Waals surface area (Å²) in [5.74, 6) is 0. The number of alkyl halides is 3. The van der Waals surface area contributed by atoms with Gasteiger partial charge >= 0.3 is 6.18 Å². The Hall–Kier alpha value is -1.29. The van der Waals surface area contributed by atoms with Crippen molar-refractivity contribution in [1.29, 1.82) is 0 Å². The van der Waals surface area contributed by atoms with Crippen molar-refractivity contribution in [2.45, 2.75) is 72.4 Å². The van der Waals surface area contributed by atoms with Crippen LogP contribution in [-0.2, 0) is 11.6 Å². The molecule has 0 aromatic heterocycles. The van der Waals surface area contributed by atoms with Gasteiger partial charge in [0.1, 0.15) is 0 Å². The van der Waals surface area contributed by atoms with E-state index in [9.17, 15) is 18.3 Å². The molecule has 1 atom stereocenters. The van der Waals surface area contributed by atoms with Crippen molar-refractivity contribution in [2.75, 3.05) is 6.61 Å². The first-order valence-electron chi connectivity index (χ1n) is 8.53. The Morgan fingerprint density at radius 2 is 1.38 bits per heavy atom. The maximum Gasteiger partial charge on any atom is 0.416 e. The van der Waals surface area contributed by atoms with Crippen molar-refractivity contribution in [3.05, 3.63) is 47.5 Å². The van der Waals surface area contributed by atoms with E-state index in [1.807, 2.05) is 41.5 Å². The van der Waals surface area contributed by atoms with Gasteiger partial charge in [0.25, 0.3) is 0 Å². The molecule has 0 amide bonds. The highest BCUT2D eigenvalue weighted by molar-refractivity contribution is 5.30. The molecule has 1 rings (SSSR count). The zero-order valence-electron chi connectivity index (χ0n) is 15.9. The van der Waals surface area contributed by atoms with Crippen LogP contribution in [0, 0.1) is 0 Å². The molecule has 0 aliphatic heterocycles. The normalized spacial score (nSPS) is 12.9. The van der Waals surface area contributed by atoms with E-state index in [0.29, 0.717) is 6.42 Å². The summed E-state index contributed by atoms with van der Waals surface area (Å²) >= 11 is 0. The fourth-order valence-electron chi connectivity index (χ4n) is 2.30. The molecule has 4 heteroatoms. The standard InChI is InChI=1S/C14H19F3O.C4H8.C2H6/c1-3-9-13(4-2,10-18)11-5-7-12(8-6-11)14(15,16)17;1-4(2)3;1-2/h5-8,18H,3-4,9-10H2,1-2H3;1H2,2-3H3;1-2H3. The molecule has 0 spiro atoms. The molecular formula is C20H33F3O. The lowest BCUT2D eigenvalue weighted by atomic mass is 9.75. The van der Waals surface area contributed by atoms with E-state index in [-0.39, 0.29) is 6.61 Å². The lowest BCUT2D eigenvalue weighted by Crippen LogP contribution is -2.29. The SMILES string of the molecule is C=C(C)C.CC.CCCC(CC)(CO)c1ccc(C(F)(F)F)cc1. The molecule has 0 heterocycles. The molecule has 0 aliphatic rings. The molecule has 0 saturated heterocycles. The fourth-order valence-corrected chi connectivity index (χ4v) is 2.30. The van der Waals surface area contributed by atoms with Gasteiger partial charge in [0.2, 0.25) is 0 Å². The maximum atomic E-state index is 12.5. The lowest BCUT2D eigenvalue weighted by Gasteiger charge is -2.31. The highest BCUT2D eigenvalue weighted by Gasteiger charge is 2.32. The molecule has 24 heavy (non-hydrogen) atoms. The van der Waals surface area contributed by atoms with E-state index in [4.69, 9.17) is 0 Å². The van der Waals surface area contributed by atoms with Crippen LogP contribution in [0.5, 0.6) is 0 Å². The fraction of sp³-hybridized carbons (Fsp3) is 0.600. The Bertz CT molecular complexity index is 439. The second-order valence-electron chi connectivity index (χ2n) is 5.82. The van der Waals surface area contributed by atoms with Gasteiger partial charge in [-0.3, -0.25) is 0 Å². The minimum absolute atomic E-state index is 0.0390. The van der Waals surface area contributed by atoms with Gasteiger partial charge in [-0.15, -0.1) is 6.58 Å². The molecule has 0 fully saturated rings. The van der Waals surface area contributed by atoms with Crippen LogP contribution in [0.4, 0.5) is 13.2 Å². The lowest BCUT2D eigenvalue weighted by molar-refractivity contribution is -0.137. The van der Waals surface area contributed by atoms with Crippen LogP contribution in [0.25, 0.3) is 0 Å². The number of allylic oxidation sites excluding steroid dienone is 1. The summed E-state index contributed by atoms with van der Waals surface area (Å²) in [6, 6.07) is 5.15. The monoisotopic (exact) mass is 346 g/mol. The summed E-state index contributed by atoms with van der Waals surface area (Å²) in [6.07, 6.45) is -1.94. The Morgan fingerprint density at radius 3 is 1.62 bits per heavy atom. The molecule has 1 nitrogen and oxygen atoms in total. The Kier molecular flexibility index (Phi) is 12.6. The van der Waals surface area contributed by atoms with Crippen molar-refractivity contribution in [1.82, 2.24) is 0 Å². The van der Waals surface area contributed by atoms with Crippen LogP contribution >= 0.6 is 0 Å². The molecule has 1 N–H and O–H groups in total. The molecule has 1 unspecified atom stereocenters. The average molecular weight is 346 g/mol. The number of halogens is 3. The second kappa shape index (κ2) is 12.1. The number of rotatable bonds is 5. The predicted molar refractivity (Wildman–Crippen MR) is 97.2 cm³/mol. The Morgan fingerprint density at radius 1 is 1.00 bits per heavy atom. The zero-order valence-corrected chi connectivity index (χ0v) is 15.9. The quantitative estimate of drug-likeness (QED) is 0.584. The Balaban J connectivity index is 0.